The zero-order valence-electron chi connectivity index (χ0n) is 10.3. The van der Waals surface area contributed by atoms with Crippen molar-refractivity contribution in [2.75, 3.05) is 13.6 Å². The van der Waals surface area contributed by atoms with Gasteiger partial charge in [0.1, 0.15) is 5.84 Å². The van der Waals surface area contributed by atoms with Crippen LogP contribution in [0.25, 0.3) is 0 Å². The summed E-state index contributed by atoms with van der Waals surface area (Å²) >= 11 is 0. The second-order valence-electron chi connectivity index (χ2n) is 3.97. The van der Waals surface area contributed by atoms with Crippen LogP contribution in [0.1, 0.15) is 45.4 Å². The molecule has 0 bridgehead atoms. The van der Waals surface area contributed by atoms with Crippen molar-refractivity contribution in [3.63, 3.8) is 0 Å². The van der Waals surface area contributed by atoms with Crippen LogP contribution in [0.2, 0.25) is 0 Å². The summed E-state index contributed by atoms with van der Waals surface area (Å²) < 4.78 is 0. The smallest absolute Gasteiger partial charge is 0.222 e. The highest BCUT2D eigenvalue weighted by Gasteiger charge is 2.08. The molecule has 1 amide bonds. The van der Waals surface area contributed by atoms with Crippen molar-refractivity contribution in [3.05, 3.63) is 0 Å². The van der Waals surface area contributed by atoms with Crippen LogP contribution >= 0.6 is 0 Å². The van der Waals surface area contributed by atoms with Crippen LogP contribution < -0.4 is 5.73 Å². The molecule has 0 rings (SSSR count). The zero-order valence-corrected chi connectivity index (χ0v) is 10.3. The Hall–Kier alpha value is -1.26. The van der Waals surface area contributed by atoms with E-state index in [-0.39, 0.29) is 11.7 Å². The van der Waals surface area contributed by atoms with Crippen LogP contribution in [0.15, 0.2) is 5.16 Å². The van der Waals surface area contributed by atoms with Crippen LogP contribution in [0, 0.1) is 0 Å². The summed E-state index contributed by atoms with van der Waals surface area (Å²) in [5.74, 6) is 0.285. The first-order chi connectivity index (χ1) is 7.61. The molecule has 0 aliphatic carbocycles. The van der Waals surface area contributed by atoms with Crippen molar-refractivity contribution in [2.45, 2.75) is 45.4 Å². The fraction of sp³-hybridized carbons (Fsp3) is 0.818. The summed E-state index contributed by atoms with van der Waals surface area (Å²) in [6.45, 7) is 2.65. The lowest BCUT2D eigenvalue weighted by molar-refractivity contribution is -0.129. The summed E-state index contributed by atoms with van der Waals surface area (Å²) in [5.41, 5.74) is 5.32. The van der Waals surface area contributed by atoms with Crippen LogP contribution in [-0.2, 0) is 4.79 Å². The highest BCUT2D eigenvalue weighted by atomic mass is 16.4. The van der Waals surface area contributed by atoms with Gasteiger partial charge in [-0.3, -0.25) is 4.79 Å². The van der Waals surface area contributed by atoms with E-state index in [1.54, 1.807) is 11.9 Å². The van der Waals surface area contributed by atoms with Crippen molar-refractivity contribution in [1.29, 1.82) is 0 Å². The topological polar surface area (TPSA) is 78.9 Å². The second kappa shape index (κ2) is 9.00. The molecule has 3 N–H and O–H groups in total. The summed E-state index contributed by atoms with van der Waals surface area (Å²) in [7, 11) is 1.74. The van der Waals surface area contributed by atoms with Crippen LogP contribution in [0.5, 0.6) is 0 Å². The SMILES string of the molecule is CCCCCCC(=O)N(C)CCC(N)=NO. The van der Waals surface area contributed by atoms with E-state index in [4.69, 9.17) is 10.9 Å². The first-order valence-electron chi connectivity index (χ1n) is 5.82. The molecule has 0 heterocycles. The van der Waals surface area contributed by atoms with Crippen molar-refractivity contribution >= 4 is 11.7 Å². The average molecular weight is 229 g/mol. The van der Waals surface area contributed by atoms with Gasteiger partial charge < -0.3 is 15.8 Å². The highest BCUT2D eigenvalue weighted by Crippen LogP contribution is 2.04. The van der Waals surface area contributed by atoms with Gasteiger partial charge in [0.05, 0.1) is 0 Å². The van der Waals surface area contributed by atoms with Crippen LogP contribution in [0.3, 0.4) is 0 Å². The van der Waals surface area contributed by atoms with Gasteiger partial charge >= 0.3 is 0 Å². The first kappa shape index (κ1) is 14.7. The number of amides is 1. The Morgan fingerprint density at radius 3 is 2.56 bits per heavy atom. The lowest BCUT2D eigenvalue weighted by atomic mass is 10.1. The standard InChI is InChI=1S/C11H23N3O2/c1-3-4-5-6-7-11(15)14(2)9-8-10(12)13-16/h16H,3-9H2,1-2H3,(H2,12,13). The van der Waals surface area contributed by atoms with E-state index in [0.717, 1.165) is 12.8 Å². The van der Waals surface area contributed by atoms with Gasteiger partial charge in [-0.1, -0.05) is 31.3 Å². The van der Waals surface area contributed by atoms with Gasteiger partial charge in [0.25, 0.3) is 0 Å². The monoisotopic (exact) mass is 229 g/mol. The minimum Gasteiger partial charge on any atom is -0.409 e. The molecule has 0 unspecified atom stereocenters. The van der Waals surface area contributed by atoms with Gasteiger partial charge in [-0.05, 0) is 6.42 Å². The molecule has 0 radical (unpaired) electrons. The van der Waals surface area contributed by atoms with E-state index >= 15 is 0 Å². The van der Waals surface area contributed by atoms with Gasteiger partial charge in [0.2, 0.25) is 5.91 Å². The van der Waals surface area contributed by atoms with Crippen molar-refractivity contribution in [2.24, 2.45) is 10.9 Å². The number of oxime groups is 1. The number of nitrogens with two attached hydrogens (primary N) is 1. The highest BCUT2D eigenvalue weighted by molar-refractivity contribution is 5.81. The summed E-state index contributed by atoms with van der Waals surface area (Å²) in [6.07, 6.45) is 5.41. The molecule has 0 aromatic carbocycles. The molecule has 0 spiro atoms. The number of hydrogen-bond donors (Lipinski definition) is 2. The molecule has 0 fully saturated rings. The lowest BCUT2D eigenvalue weighted by Gasteiger charge is -2.16. The normalized spacial score (nSPS) is 11.5. The molecule has 0 aliphatic heterocycles. The fourth-order valence-corrected chi connectivity index (χ4v) is 1.35. The summed E-state index contributed by atoms with van der Waals surface area (Å²) in [6, 6.07) is 0. The van der Waals surface area contributed by atoms with Gasteiger partial charge in [-0.2, -0.15) is 0 Å². The fourth-order valence-electron chi connectivity index (χ4n) is 1.35. The van der Waals surface area contributed by atoms with E-state index in [1.807, 2.05) is 0 Å². The van der Waals surface area contributed by atoms with Crippen molar-refractivity contribution in [1.82, 2.24) is 4.90 Å². The Balaban J connectivity index is 3.65. The minimum absolute atomic E-state index is 0.127. The zero-order chi connectivity index (χ0) is 12.4. The number of rotatable bonds is 8. The third-order valence-electron chi connectivity index (χ3n) is 2.50. The molecule has 0 atom stereocenters. The first-order valence-corrected chi connectivity index (χ1v) is 5.82. The molecule has 0 aliphatic rings. The molecule has 0 saturated heterocycles. The summed E-state index contributed by atoms with van der Waals surface area (Å²) in [4.78, 5) is 13.2. The molecule has 0 saturated carbocycles. The van der Waals surface area contributed by atoms with Gasteiger partial charge in [0.15, 0.2) is 0 Å². The second-order valence-corrected chi connectivity index (χ2v) is 3.97. The van der Waals surface area contributed by atoms with E-state index in [9.17, 15) is 4.79 Å². The Morgan fingerprint density at radius 1 is 1.31 bits per heavy atom. The number of carbonyl (C=O) groups excluding carboxylic acids is 1. The number of nitrogens with zero attached hydrogens (tertiary/aromatic N) is 2. The third-order valence-corrected chi connectivity index (χ3v) is 2.50. The van der Waals surface area contributed by atoms with Crippen LogP contribution in [0.4, 0.5) is 0 Å². The Kier molecular flexibility index (Phi) is 8.29. The maximum atomic E-state index is 11.6. The number of amidine groups is 1. The lowest BCUT2D eigenvalue weighted by Crippen LogP contribution is -2.30. The minimum atomic E-state index is 0.127. The average Bonchev–Trinajstić information content (AvgIpc) is 2.30. The van der Waals surface area contributed by atoms with E-state index in [0.29, 0.717) is 19.4 Å². The Morgan fingerprint density at radius 2 is 2.00 bits per heavy atom. The molecule has 0 aromatic heterocycles. The molecule has 94 valence electrons. The molecule has 5 heteroatoms. The number of carbonyl (C=O) groups is 1. The van der Waals surface area contributed by atoms with Crippen molar-refractivity contribution in [3.8, 4) is 0 Å². The maximum absolute atomic E-state index is 11.6. The number of hydrogen-bond acceptors (Lipinski definition) is 3. The largest absolute Gasteiger partial charge is 0.409 e. The maximum Gasteiger partial charge on any atom is 0.222 e. The van der Waals surface area contributed by atoms with Gasteiger partial charge in [-0.25, -0.2) is 0 Å². The van der Waals surface area contributed by atoms with E-state index < -0.39 is 0 Å². The predicted octanol–water partition coefficient (Wildman–Crippen LogP) is 1.55. The molecule has 5 nitrogen and oxygen atoms in total. The molecular formula is C11H23N3O2. The van der Waals surface area contributed by atoms with Gasteiger partial charge in [0, 0.05) is 26.4 Å². The van der Waals surface area contributed by atoms with Crippen molar-refractivity contribution < 1.29 is 10.0 Å². The Labute approximate surface area is 97.3 Å². The molecular weight excluding hydrogens is 206 g/mol. The molecule has 0 aromatic rings. The predicted molar refractivity (Wildman–Crippen MR) is 64.4 cm³/mol. The Bertz CT molecular complexity index is 229. The van der Waals surface area contributed by atoms with E-state index in [1.165, 1.54) is 12.8 Å². The summed E-state index contributed by atoms with van der Waals surface area (Å²) in [5, 5.41) is 11.2. The van der Waals surface area contributed by atoms with Crippen LogP contribution in [-0.4, -0.2) is 35.4 Å². The molecule has 16 heavy (non-hydrogen) atoms. The van der Waals surface area contributed by atoms with E-state index in [2.05, 4.69) is 12.1 Å². The third kappa shape index (κ3) is 7.09. The quantitative estimate of drug-likeness (QED) is 0.218. The van der Waals surface area contributed by atoms with Gasteiger partial charge in [-0.15, -0.1) is 0 Å². The number of unbranched alkanes of at least 4 members (excludes halogenated alkanes) is 3.